The highest BCUT2D eigenvalue weighted by atomic mass is 15.3. The van der Waals surface area contributed by atoms with E-state index in [0.29, 0.717) is 6.54 Å². The van der Waals surface area contributed by atoms with Crippen LogP contribution in [0.1, 0.15) is 11.3 Å². The summed E-state index contributed by atoms with van der Waals surface area (Å²) in [6.07, 6.45) is 7.60. The van der Waals surface area contributed by atoms with Crippen molar-refractivity contribution in [3.8, 4) is 0 Å². The van der Waals surface area contributed by atoms with Gasteiger partial charge in [-0.1, -0.05) is 0 Å². The zero-order chi connectivity index (χ0) is 11.4. The van der Waals surface area contributed by atoms with Gasteiger partial charge in [0.25, 0.3) is 0 Å². The fourth-order valence-electron chi connectivity index (χ4n) is 1.70. The summed E-state index contributed by atoms with van der Waals surface area (Å²) in [6.45, 7) is 1.55. The molecule has 0 fully saturated rings. The summed E-state index contributed by atoms with van der Waals surface area (Å²) in [7, 11) is 1.96. The smallest absolute Gasteiger partial charge is 0.0522 e. The summed E-state index contributed by atoms with van der Waals surface area (Å²) < 4.78 is 3.85. The molecule has 0 aliphatic rings. The Hall–Kier alpha value is -1.62. The van der Waals surface area contributed by atoms with Gasteiger partial charge < -0.3 is 5.73 Å². The number of rotatable bonds is 5. The summed E-state index contributed by atoms with van der Waals surface area (Å²) in [5, 5.41) is 8.43. The number of nitrogens with zero attached hydrogens (tertiary/aromatic N) is 4. The van der Waals surface area contributed by atoms with E-state index < -0.39 is 0 Å². The molecule has 5 nitrogen and oxygen atoms in total. The van der Waals surface area contributed by atoms with Crippen LogP contribution in [-0.4, -0.2) is 26.1 Å². The standard InChI is InChI=1S/C11H17N5/c1-15-11(3-6-13-15)4-7-16-9-10(2-5-12)8-14-16/h3,6,8-9H,2,4-5,7,12H2,1H3. The molecule has 0 spiro atoms. The molecule has 0 radical (unpaired) electrons. The van der Waals surface area contributed by atoms with Gasteiger partial charge in [0.1, 0.15) is 0 Å². The van der Waals surface area contributed by atoms with E-state index in [9.17, 15) is 0 Å². The van der Waals surface area contributed by atoms with Crippen molar-refractivity contribution in [3.63, 3.8) is 0 Å². The van der Waals surface area contributed by atoms with Crippen molar-refractivity contribution < 1.29 is 0 Å². The lowest BCUT2D eigenvalue weighted by Gasteiger charge is -2.02. The molecule has 0 aliphatic carbocycles. The predicted octanol–water partition coefficient (Wildman–Crippen LogP) is 0.361. The molecule has 86 valence electrons. The molecule has 2 N–H and O–H groups in total. The molecule has 0 amide bonds. The fraction of sp³-hybridized carbons (Fsp3) is 0.455. The average molecular weight is 219 g/mol. The molecular formula is C11H17N5. The maximum absolute atomic E-state index is 5.49. The normalized spacial score (nSPS) is 10.9. The van der Waals surface area contributed by atoms with Gasteiger partial charge >= 0.3 is 0 Å². The maximum Gasteiger partial charge on any atom is 0.0522 e. The van der Waals surface area contributed by atoms with Crippen molar-refractivity contribution in [2.75, 3.05) is 6.54 Å². The Kier molecular flexibility index (Phi) is 3.36. The van der Waals surface area contributed by atoms with Gasteiger partial charge in [-0.05, 0) is 24.6 Å². The van der Waals surface area contributed by atoms with Gasteiger partial charge in [0.2, 0.25) is 0 Å². The Morgan fingerprint density at radius 3 is 2.88 bits per heavy atom. The van der Waals surface area contributed by atoms with Gasteiger partial charge in [-0.3, -0.25) is 9.36 Å². The third-order valence-electron chi connectivity index (χ3n) is 2.64. The molecule has 5 heteroatoms. The third kappa shape index (κ3) is 2.49. The van der Waals surface area contributed by atoms with Gasteiger partial charge in [-0.2, -0.15) is 10.2 Å². The minimum absolute atomic E-state index is 0.674. The van der Waals surface area contributed by atoms with Crippen LogP contribution in [0.4, 0.5) is 0 Å². The Morgan fingerprint density at radius 2 is 2.19 bits per heavy atom. The fourth-order valence-corrected chi connectivity index (χ4v) is 1.70. The lowest BCUT2D eigenvalue weighted by Crippen LogP contribution is -2.06. The van der Waals surface area contributed by atoms with Crippen LogP contribution >= 0.6 is 0 Å². The molecule has 0 saturated carbocycles. The average Bonchev–Trinajstić information content (AvgIpc) is 2.86. The van der Waals surface area contributed by atoms with Crippen LogP contribution in [0.3, 0.4) is 0 Å². The predicted molar refractivity (Wildman–Crippen MR) is 61.9 cm³/mol. The van der Waals surface area contributed by atoms with Crippen LogP contribution in [0.5, 0.6) is 0 Å². The first-order valence-corrected chi connectivity index (χ1v) is 5.48. The van der Waals surface area contributed by atoms with Crippen molar-refractivity contribution in [1.29, 1.82) is 0 Å². The van der Waals surface area contributed by atoms with Crippen LogP contribution < -0.4 is 5.73 Å². The minimum Gasteiger partial charge on any atom is -0.330 e. The number of hydrogen-bond donors (Lipinski definition) is 1. The SMILES string of the molecule is Cn1nccc1CCn1cc(CCN)cn1. The molecule has 2 aromatic rings. The molecule has 0 unspecified atom stereocenters. The second kappa shape index (κ2) is 4.94. The summed E-state index contributed by atoms with van der Waals surface area (Å²) in [5.74, 6) is 0. The first-order chi connectivity index (χ1) is 7.79. The number of aromatic nitrogens is 4. The van der Waals surface area contributed by atoms with Crippen LogP contribution in [0.2, 0.25) is 0 Å². The van der Waals surface area contributed by atoms with Crippen molar-refractivity contribution in [1.82, 2.24) is 19.6 Å². The molecule has 0 aliphatic heterocycles. The van der Waals surface area contributed by atoms with E-state index in [0.717, 1.165) is 19.4 Å². The first kappa shape index (κ1) is 10.9. The summed E-state index contributed by atoms with van der Waals surface area (Å²) >= 11 is 0. The van der Waals surface area contributed by atoms with Crippen LogP contribution in [0.15, 0.2) is 24.7 Å². The zero-order valence-electron chi connectivity index (χ0n) is 9.50. The quantitative estimate of drug-likeness (QED) is 0.790. The van der Waals surface area contributed by atoms with Gasteiger partial charge in [-0.25, -0.2) is 0 Å². The first-order valence-electron chi connectivity index (χ1n) is 5.48. The number of nitrogens with two attached hydrogens (primary N) is 1. The molecule has 16 heavy (non-hydrogen) atoms. The molecule has 0 bridgehead atoms. The van der Waals surface area contributed by atoms with Crippen LogP contribution in [-0.2, 0) is 26.4 Å². The van der Waals surface area contributed by atoms with Crippen molar-refractivity contribution >= 4 is 0 Å². The van der Waals surface area contributed by atoms with E-state index in [-0.39, 0.29) is 0 Å². The summed E-state index contributed by atoms with van der Waals surface area (Å²) in [4.78, 5) is 0. The lowest BCUT2D eigenvalue weighted by molar-refractivity contribution is 0.586. The van der Waals surface area contributed by atoms with E-state index in [4.69, 9.17) is 5.73 Å². The minimum atomic E-state index is 0.674. The number of aryl methyl sites for hydroxylation is 3. The third-order valence-corrected chi connectivity index (χ3v) is 2.64. The van der Waals surface area contributed by atoms with Crippen molar-refractivity contribution in [2.24, 2.45) is 12.8 Å². The summed E-state index contributed by atoms with van der Waals surface area (Å²) in [5.41, 5.74) is 7.91. The molecular weight excluding hydrogens is 202 g/mol. The molecule has 2 aromatic heterocycles. The van der Waals surface area contributed by atoms with E-state index >= 15 is 0 Å². The molecule has 0 aromatic carbocycles. The largest absolute Gasteiger partial charge is 0.330 e. The second-order valence-corrected chi connectivity index (χ2v) is 3.85. The highest BCUT2D eigenvalue weighted by Gasteiger charge is 2.01. The lowest BCUT2D eigenvalue weighted by atomic mass is 10.2. The molecule has 0 saturated heterocycles. The monoisotopic (exact) mass is 219 g/mol. The van der Waals surface area contributed by atoms with Crippen LogP contribution in [0.25, 0.3) is 0 Å². The van der Waals surface area contributed by atoms with Crippen molar-refractivity contribution in [2.45, 2.75) is 19.4 Å². The zero-order valence-corrected chi connectivity index (χ0v) is 9.50. The van der Waals surface area contributed by atoms with E-state index in [1.165, 1.54) is 11.3 Å². The van der Waals surface area contributed by atoms with Gasteiger partial charge in [0, 0.05) is 38.1 Å². The molecule has 0 atom stereocenters. The topological polar surface area (TPSA) is 61.7 Å². The van der Waals surface area contributed by atoms with Gasteiger partial charge in [-0.15, -0.1) is 0 Å². The van der Waals surface area contributed by atoms with E-state index in [2.05, 4.69) is 16.4 Å². The Labute approximate surface area is 94.9 Å². The Bertz CT molecular complexity index is 443. The van der Waals surface area contributed by atoms with Crippen LogP contribution in [0, 0.1) is 0 Å². The Balaban J connectivity index is 1.92. The Morgan fingerprint density at radius 1 is 1.31 bits per heavy atom. The highest BCUT2D eigenvalue weighted by Crippen LogP contribution is 2.02. The summed E-state index contributed by atoms with van der Waals surface area (Å²) in [6, 6.07) is 2.03. The van der Waals surface area contributed by atoms with Gasteiger partial charge in [0.15, 0.2) is 0 Å². The van der Waals surface area contributed by atoms with Gasteiger partial charge in [0.05, 0.1) is 6.20 Å². The molecule has 2 heterocycles. The second-order valence-electron chi connectivity index (χ2n) is 3.85. The van der Waals surface area contributed by atoms with E-state index in [1.54, 1.807) is 0 Å². The van der Waals surface area contributed by atoms with E-state index in [1.807, 2.05) is 34.9 Å². The van der Waals surface area contributed by atoms with Crippen molar-refractivity contribution in [3.05, 3.63) is 35.9 Å². The highest BCUT2D eigenvalue weighted by molar-refractivity contribution is 5.05. The maximum atomic E-state index is 5.49. The molecule has 2 rings (SSSR count). The number of hydrogen-bond acceptors (Lipinski definition) is 3.